The molecule has 1 amide bonds. The molecule has 0 atom stereocenters. The van der Waals surface area contributed by atoms with Gasteiger partial charge in [-0.3, -0.25) is 9.59 Å². The number of carbonyl (C=O) groups is 2. The molecule has 2 heterocycles. The van der Waals surface area contributed by atoms with Gasteiger partial charge in [0.1, 0.15) is 0 Å². The van der Waals surface area contributed by atoms with Crippen molar-refractivity contribution in [3.63, 3.8) is 0 Å². The van der Waals surface area contributed by atoms with Gasteiger partial charge in [-0.05, 0) is 13.1 Å². The number of aromatic nitrogens is 2. The molecule has 19 heavy (non-hydrogen) atoms. The van der Waals surface area contributed by atoms with Crippen LogP contribution in [0.2, 0.25) is 0 Å². The molecule has 1 aromatic rings. The molecule has 1 aromatic heterocycles. The van der Waals surface area contributed by atoms with E-state index in [1.165, 1.54) is 9.58 Å². The zero-order valence-electron chi connectivity index (χ0n) is 12.3. The maximum atomic E-state index is 11.8. The van der Waals surface area contributed by atoms with E-state index in [2.05, 4.69) is 5.10 Å². The summed E-state index contributed by atoms with van der Waals surface area (Å²) in [6.45, 7) is 5.36. The summed E-state index contributed by atoms with van der Waals surface area (Å²) in [6, 6.07) is 1.70. The van der Waals surface area contributed by atoms with Crippen molar-refractivity contribution in [2.24, 2.45) is 0 Å². The molecule has 6 nitrogen and oxygen atoms in total. The standard InChI is InChI=1S/C11H16N4O2.C2H6/c1-13(2)11(17)9-6-8-7-14(3)5-4-10(16)15(8)12-9;1-2/h6H,4-5,7H2,1-3H3;1-2H3. The van der Waals surface area contributed by atoms with Crippen LogP contribution in [0.5, 0.6) is 0 Å². The largest absolute Gasteiger partial charge is 0.343 e. The number of hydrogen-bond donors (Lipinski definition) is 0. The first-order valence-electron chi connectivity index (χ1n) is 6.51. The Kier molecular flexibility index (Phi) is 5.23. The highest BCUT2D eigenvalue weighted by atomic mass is 16.2. The van der Waals surface area contributed by atoms with Gasteiger partial charge in [0.05, 0.1) is 5.69 Å². The first-order chi connectivity index (χ1) is 8.99. The van der Waals surface area contributed by atoms with Crippen molar-refractivity contribution < 1.29 is 9.59 Å². The Bertz CT molecular complexity index is 465. The van der Waals surface area contributed by atoms with Crippen molar-refractivity contribution in [1.29, 1.82) is 0 Å². The lowest BCUT2D eigenvalue weighted by atomic mass is 10.3. The molecule has 0 fully saturated rings. The van der Waals surface area contributed by atoms with Crippen molar-refractivity contribution in [1.82, 2.24) is 19.6 Å². The van der Waals surface area contributed by atoms with Gasteiger partial charge in [0, 0.05) is 33.6 Å². The van der Waals surface area contributed by atoms with E-state index in [0.29, 0.717) is 18.7 Å². The second-order valence-electron chi connectivity index (χ2n) is 4.51. The minimum atomic E-state index is -0.180. The van der Waals surface area contributed by atoms with Crippen LogP contribution < -0.4 is 0 Å². The number of fused-ring (bicyclic) bond motifs is 1. The van der Waals surface area contributed by atoms with Gasteiger partial charge in [-0.1, -0.05) is 13.8 Å². The molecule has 0 spiro atoms. The first kappa shape index (κ1) is 15.4. The van der Waals surface area contributed by atoms with Crippen LogP contribution in [0.15, 0.2) is 6.07 Å². The highest BCUT2D eigenvalue weighted by Gasteiger charge is 2.22. The smallest absolute Gasteiger partial charge is 0.273 e. The summed E-state index contributed by atoms with van der Waals surface area (Å²) in [7, 11) is 5.28. The fourth-order valence-electron chi connectivity index (χ4n) is 1.83. The van der Waals surface area contributed by atoms with Crippen molar-refractivity contribution in [2.75, 3.05) is 27.7 Å². The maximum absolute atomic E-state index is 11.8. The van der Waals surface area contributed by atoms with Crippen molar-refractivity contribution in [3.8, 4) is 0 Å². The van der Waals surface area contributed by atoms with Crippen LogP contribution in [0.1, 0.15) is 41.2 Å². The Balaban J connectivity index is 0.000000861. The van der Waals surface area contributed by atoms with Gasteiger partial charge in [0.25, 0.3) is 5.91 Å². The van der Waals surface area contributed by atoms with E-state index in [1.807, 2.05) is 25.8 Å². The number of nitrogens with zero attached hydrogens (tertiary/aromatic N) is 4. The molecule has 0 bridgehead atoms. The van der Waals surface area contributed by atoms with E-state index in [0.717, 1.165) is 12.2 Å². The quantitative estimate of drug-likeness (QED) is 0.763. The van der Waals surface area contributed by atoms with E-state index in [9.17, 15) is 9.59 Å². The normalized spacial score (nSPS) is 15.1. The Morgan fingerprint density at radius 1 is 1.37 bits per heavy atom. The monoisotopic (exact) mass is 266 g/mol. The van der Waals surface area contributed by atoms with Gasteiger partial charge in [-0.25, -0.2) is 4.68 Å². The molecule has 0 aromatic carbocycles. The molecule has 0 radical (unpaired) electrons. The molecular formula is C13H22N4O2. The lowest BCUT2D eigenvalue weighted by Crippen LogP contribution is -2.23. The topological polar surface area (TPSA) is 58.4 Å². The second-order valence-corrected chi connectivity index (χ2v) is 4.51. The number of rotatable bonds is 1. The van der Waals surface area contributed by atoms with Crippen LogP contribution in [0.25, 0.3) is 0 Å². The highest BCUT2D eigenvalue weighted by molar-refractivity contribution is 5.93. The van der Waals surface area contributed by atoms with Crippen LogP contribution in [0.4, 0.5) is 0 Å². The summed E-state index contributed by atoms with van der Waals surface area (Å²) in [5.74, 6) is -0.233. The van der Waals surface area contributed by atoms with Gasteiger partial charge >= 0.3 is 0 Å². The third kappa shape index (κ3) is 3.41. The number of hydrogen-bond acceptors (Lipinski definition) is 4. The fourth-order valence-corrected chi connectivity index (χ4v) is 1.83. The molecule has 0 saturated heterocycles. The van der Waals surface area contributed by atoms with Crippen molar-refractivity contribution >= 4 is 11.8 Å². The van der Waals surface area contributed by atoms with Crippen LogP contribution in [0, 0.1) is 0 Å². The predicted octanol–water partition coefficient (Wildman–Crippen LogP) is 1.09. The molecular weight excluding hydrogens is 244 g/mol. The van der Waals surface area contributed by atoms with Gasteiger partial charge < -0.3 is 9.80 Å². The molecule has 1 aliphatic heterocycles. The lowest BCUT2D eigenvalue weighted by Gasteiger charge is -2.10. The zero-order valence-corrected chi connectivity index (χ0v) is 12.3. The van der Waals surface area contributed by atoms with E-state index < -0.39 is 0 Å². The Hall–Kier alpha value is -1.69. The van der Waals surface area contributed by atoms with Crippen molar-refractivity contribution in [3.05, 3.63) is 17.5 Å². The van der Waals surface area contributed by atoms with Crippen LogP contribution >= 0.6 is 0 Å². The highest BCUT2D eigenvalue weighted by Crippen LogP contribution is 2.13. The molecule has 0 aliphatic carbocycles. The summed E-state index contributed by atoms with van der Waals surface area (Å²) < 4.78 is 1.36. The van der Waals surface area contributed by atoms with Gasteiger partial charge in [-0.15, -0.1) is 0 Å². The third-order valence-electron chi connectivity index (χ3n) is 2.78. The van der Waals surface area contributed by atoms with E-state index in [4.69, 9.17) is 0 Å². The SMILES string of the molecule is CC.CN1CCC(=O)n2nc(C(=O)N(C)C)cc2C1. The molecule has 0 unspecified atom stereocenters. The van der Waals surface area contributed by atoms with Crippen LogP contribution in [-0.4, -0.2) is 59.1 Å². The summed E-state index contributed by atoms with van der Waals surface area (Å²) >= 11 is 0. The van der Waals surface area contributed by atoms with Gasteiger partial charge in [-0.2, -0.15) is 5.10 Å². The van der Waals surface area contributed by atoms with Gasteiger partial charge in [0.2, 0.25) is 5.91 Å². The summed E-state index contributed by atoms with van der Waals surface area (Å²) in [5, 5.41) is 4.10. The zero-order chi connectivity index (χ0) is 14.6. The molecule has 2 rings (SSSR count). The van der Waals surface area contributed by atoms with E-state index in [1.54, 1.807) is 20.2 Å². The average molecular weight is 266 g/mol. The third-order valence-corrected chi connectivity index (χ3v) is 2.78. The van der Waals surface area contributed by atoms with Crippen LogP contribution in [-0.2, 0) is 6.54 Å². The van der Waals surface area contributed by atoms with Gasteiger partial charge in [0.15, 0.2) is 5.69 Å². The summed E-state index contributed by atoms with van der Waals surface area (Å²) in [6.07, 6.45) is 0.431. The number of carbonyl (C=O) groups excluding carboxylic acids is 2. The Morgan fingerprint density at radius 2 is 2.00 bits per heavy atom. The molecule has 1 aliphatic rings. The molecule has 106 valence electrons. The van der Waals surface area contributed by atoms with E-state index in [-0.39, 0.29) is 11.8 Å². The molecule has 0 N–H and O–H groups in total. The Labute approximate surface area is 114 Å². The van der Waals surface area contributed by atoms with E-state index >= 15 is 0 Å². The average Bonchev–Trinajstić information content (AvgIpc) is 2.75. The first-order valence-corrected chi connectivity index (χ1v) is 6.51. The Morgan fingerprint density at radius 3 is 2.58 bits per heavy atom. The second kappa shape index (κ2) is 6.47. The van der Waals surface area contributed by atoms with Crippen LogP contribution in [0.3, 0.4) is 0 Å². The maximum Gasteiger partial charge on any atom is 0.273 e. The minimum Gasteiger partial charge on any atom is -0.343 e. The summed E-state index contributed by atoms with van der Waals surface area (Å²) in [5.41, 5.74) is 1.11. The van der Waals surface area contributed by atoms with Crippen molar-refractivity contribution in [2.45, 2.75) is 26.8 Å². The number of amides is 1. The molecule has 6 heteroatoms. The molecule has 0 saturated carbocycles. The minimum absolute atomic E-state index is 0.0536. The summed E-state index contributed by atoms with van der Waals surface area (Å²) in [4.78, 5) is 27.1. The lowest BCUT2D eigenvalue weighted by molar-refractivity contribution is 0.0819. The predicted molar refractivity (Wildman–Crippen MR) is 73.2 cm³/mol. The fraction of sp³-hybridized carbons (Fsp3) is 0.615.